The lowest BCUT2D eigenvalue weighted by Crippen LogP contribution is -2.30. The van der Waals surface area contributed by atoms with Crippen molar-refractivity contribution in [3.63, 3.8) is 0 Å². The van der Waals surface area contributed by atoms with Gasteiger partial charge < -0.3 is 10.4 Å². The van der Waals surface area contributed by atoms with E-state index in [1.807, 2.05) is 13.0 Å². The zero-order valence-corrected chi connectivity index (χ0v) is 9.72. The van der Waals surface area contributed by atoms with Crippen LogP contribution in [0.4, 0.5) is 0 Å². The molecule has 0 saturated heterocycles. The first-order valence-corrected chi connectivity index (χ1v) is 5.44. The molecule has 0 bridgehead atoms. The Labute approximate surface area is 99.9 Å². The molecule has 1 aromatic rings. The van der Waals surface area contributed by atoms with Crippen LogP contribution in [0.2, 0.25) is 0 Å². The van der Waals surface area contributed by atoms with Gasteiger partial charge in [0, 0.05) is 24.9 Å². The minimum atomic E-state index is -0.856. The van der Waals surface area contributed by atoms with Gasteiger partial charge in [-0.05, 0) is 37.0 Å². The summed E-state index contributed by atoms with van der Waals surface area (Å²) in [5.74, 6) is -0.856. The summed E-state index contributed by atoms with van der Waals surface area (Å²) in [6, 6.07) is 1.73. The quantitative estimate of drug-likeness (QED) is 0.690. The van der Waals surface area contributed by atoms with Gasteiger partial charge in [-0.1, -0.05) is 0 Å². The van der Waals surface area contributed by atoms with Crippen molar-refractivity contribution in [2.75, 3.05) is 0 Å². The summed E-state index contributed by atoms with van der Waals surface area (Å²) in [5, 5.41) is 11.3. The average molecular weight is 236 g/mol. The molecule has 1 aromatic heterocycles. The number of aryl methyl sites for hydroxylation is 1. The van der Waals surface area contributed by atoms with E-state index in [4.69, 9.17) is 5.11 Å². The lowest BCUT2D eigenvalue weighted by Gasteiger charge is -2.16. The molecule has 1 unspecified atom stereocenters. The van der Waals surface area contributed by atoms with Gasteiger partial charge in [0.1, 0.15) is 0 Å². The lowest BCUT2D eigenvalue weighted by atomic mass is 10.0. The number of aromatic nitrogens is 1. The number of hydrogen-bond donors (Lipinski definition) is 2. The zero-order valence-electron chi connectivity index (χ0n) is 9.72. The highest BCUT2D eigenvalue weighted by atomic mass is 16.4. The Kier molecular flexibility index (Phi) is 5.13. The molecule has 1 atom stereocenters. The Balaban J connectivity index is 2.62. The number of nitrogens with zero attached hydrogens (tertiary/aromatic N) is 1. The molecule has 92 valence electrons. The fraction of sp³-hybridized carbons (Fsp3) is 0.417. The molecule has 5 heteroatoms. The molecule has 0 aliphatic rings. The Bertz CT molecular complexity index is 393. The third kappa shape index (κ3) is 4.63. The van der Waals surface area contributed by atoms with E-state index in [1.54, 1.807) is 12.4 Å². The van der Waals surface area contributed by atoms with Gasteiger partial charge in [-0.3, -0.25) is 14.6 Å². The maximum atomic E-state index is 10.5. The van der Waals surface area contributed by atoms with Gasteiger partial charge in [-0.25, -0.2) is 0 Å². The summed E-state index contributed by atoms with van der Waals surface area (Å²) in [6.07, 6.45) is 5.13. The number of rotatable bonds is 7. The van der Waals surface area contributed by atoms with Gasteiger partial charge in [0.2, 0.25) is 6.41 Å². The van der Waals surface area contributed by atoms with Gasteiger partial charge in [-0.15, -0.1) is 0 Å². The van der Waals surface area contributed by atoms with E-state index in [-0.39, 0.29) is 12.5 Å². The second-order valence-corrected chi connectivity index (χ2v) is 3.92. The van der Waals surface area contributed by atoms with E-state index in [1.165, 1.54) is 0 Å². The standard InChI is InChI=1S/C12H16N2O3/c1-9-4-5-13-7-10(9)6-11(14-8-15)2-3-12(16)17/h4-5,7-8,11H,2-3,6H2,1H3,(H,14,15)(H,16,17). The van der Waals surface area contributed by atoms with Gasteiger partial charge in [0.15, 0.2) is 0 Å². The van der Waals surface area contributed by atoms with Crippen LogP contribution in [-0.2, 0) is 16.0 Å². The summed E-state index contributed by atoms with van der Waals surface area (Å²) in [4.78, 5) is 25.0. The third-order valence-electron chi connectivity index (χ3n) is 2.62. The number of carbonyl (C=O) groups excluding carboxylic acids is 1. The van der Waals surface area contributed by atoms with Gasteiger partial charge in [-0.2, -0.15) is 0 Å². The van der Waals surface area contributed by atoms with Crippen LogP contribution in [0.5, 0.6) is 0 Å². The van der Waals surface area contributed by atoms with Crippen LogP contribution in [0.15, 0.2) is 18.5 Å². The number of amides is 1. The van der Waals surface area contributed by atoms with Gasteiger partial charge >= 0.3 is 5.97 Å². The highest BCUT2D eigenvalue weighted by molar-refractivity contribution is 5.66. The van der Waals surface area contributed by atoms with Crippen molar-refractivity contribution in [3.8, 4) is 0 Å². The van der Waals surface area contributed by atoms with Crippen molar-refractivity contribution in [1.29, 1.82) is 0 Å². The lowest BCUT2D eigenvalue weighted by molar-refractivity contribution is -0.137. The monoisotopic (exact) mass is 236 g/mol. The second kappa shape index (κ2) is 6.62. The number of carboxylic acid groups (broad SMARTS) is 1. The largest absolute Gasteiger partial charge is 0.481 e. The summed E-state index contributed by atoms with van der Waals surface area (Å²) < 4.78 is 0. The molecule has 0 spiro atoms. The number of aliphatic carboxylic acids is 1. The summed E-state index contributed by atoms with van der Waals surface area (Å²) in [7, 11) is 0. The fourth-order valence-electron chi connectivity index (χ4n) is 1.61. The Morgan fingerprint density at radius 3 is 3.00 bits per heavy atom. The van der Waals surface area contributed by atoms with E-state index in [2.05, 4.69) is 10.3 Å². The maximum Gasteiger partial charge on any atom is 0.303 e. The predicted molar refractivity (Wildman–Crippen MR) is 62.5 cm³/mol. The molecular formula is C12H16N2O3. The Hall–Kier alpha value is -1.91. The van der Waals surface area contributed by atoms with E-state index < -0.39 is 5.97 Å². The first kappa shape index (κ1) is 13.2. The van der Waals surface area contributed by atoms with Gasteiger partial charge in [0.05, 0.1) is 0 Å². The van der Waals surface area contributed by atoms with Crippen LogP contribution >= 0.6 is 0 Å². The van der Waals surface area contributed by atoms with E-state index in [0.717, 1.165) is 11.1 Å². The van der Waals surface area contributed by atoms with Crippen molar-refractivity contribution in [2.45, 2.75) is 32.2 Å². The third-order valence-corrected chi connectivity index (χ3v) is 2.62. The predicted octanol–water partition coefficient (Wildman–Crippen LogP) is 0.912. The average Bonchev–Trinajstić information content (AvgIpc) is 2.29. The van der Waals surface area contributed by atoms with Crippen LogP contribution in [-0.4, -0.2) is 28.5 Å². The smallest absolute Gasteiger partial charge is 0.303 e. The molecule has 1 amide bonds. The maximum absolute atomic E-state index is 10.5. The summed E-state index contributed by atoms with van der Waals surface area (Å²) >= 11 is 0. The molecule has 1 rings (SSSR count). The van der Waals surface area contributed by atoms with E-state index in [0.29, 0.717) is 19.3 Å². The minimum Gasteiger partial charge on any atom is -0.481 e. The van der Waals surface area contributed by atoms with Crippen LogP contribution in [0.25, 0.3) is 0 Å². The highest BCUT2D eigenvalue weighted by Crippen LogP contribution is 2.10. The van der Waals surface area contributed by atoms with Crippen molar-refractivity contribution in [1.82, 2.24) is 10.3 Å². The van der Waals surface area contributed by atoms with Crippen LogP contribution in [0, 0.1) is 6.92 Å². The SMILES string of the molecule is Cc1ccncc1CC(CCC(=O)O)NC=O. The Morgan fingerprint density at radius 1 is 1.65 bits per heavy atom. The van der Waals surface area contributed by atoms with Crippen LogP contribution < -0.4 is 5.32 Å². The molecule has 1 heterocycles. The molecule has 0 aliphatic heterocycles. The van der Waals surface area contributed by atoms with E-state index in [9.17, 15) is 9.59 Å². The highest BCUT2D eigenvalue weighted by Gasteiger charge is 2.12. The molecule has 0 aromatic carbocycles. The number of carboxylic acids is 1. The molecule has 0 fully saturated rings. The van der Waals surface area contributed by atoms with E-state index >= 15 is 0 Å². The van der Waals surface area contributed by atoms with Crippen molar-refractivity contribution >= 4 is 12.4 Å². The number of nitrogens with one attached hydrogen (secondary N) is 1. The molecule has 2 N–H and O–H groups in total. The fourth-order valence-corrected chi connectivity index (χ4v) is 1.61. The van der Waals surface area contributed by atoms with Crippen molar-refractivity contribution in [3.05, 3.63) is 29.6 Å². The summed E-state index contributed by atoms with van der Waals surface area (Å²) in [5.41, 5.74) is 2.12. The Morgan fingerprint density at radius 2 is 2.41 bits per heavy atom. The molecule has 0 aliphatic carbocycles. The molecule has 5 nitrogen and oxygen atoms in total. The van der Waals surface area contributed by atoms with Gasteiger partial charge in [0.25, 0.3) is 0 Å². The normalized spacial score (nSPS) is 11.8. The molecular weight excluding hydrogens is 220 g/mol. The molecule has 0 radical (unpaired) electrons. The first-order chi connectivity index (χ1) is 8.13. The van der Waals surface area contributed by atoms with Crippen molar-refractivity contribution in [2.24, 2.45) is 0 Å². The number of carbonyl (C=O) groups is 2. The number of pyridine rings is 1. The summed E-state index contributed by atoms with van der Waals surface area (Å²) in [6.45, 7) is 1.96. The van der Waals surface area contributed by atoms with Crippen molar-refractivity contribution < 1.29 is 14.7 Å². The topological polar surface area (TPSA) is 79.3 Å². The zero-order chi connectivity index (χ0) is 12.7. The van der Waals surface area contributed by atoms with Crippen LogP contribution in [0.1, 0.15) is 24.0 Å². The molecule has 17 heavy (non-hydrogen) atoms. The number of hydrogen-bond acceptors (Lipinski definition) is 3. The minimum absolute atomic E-state index is 0.0464. The second-order valence-electron chi connectivity index (χ2n) is 3.92. The van der Waals surface area contributed by atoms with Crippen LogP contribution in [0.3, 0.4) is 0 Å². The first-order valence-electron chi connectivity index (χ1n) is 5.44. The molecule has 0 saturated carbocycles.